The maximum atomic E-state index is 12.0. The third-order valence-corrected chi connectivity index (χ3v) is 11.0. The van der Waals surface area contributed by atoms with Crippen LogP contribution in [0.2, 0.25) is 0 Å². The molecule has 0 heterocycles. The number of hydrogen-bond acceptors (Lipinski definition) is 4. The van der Waals surface area contributed by atoms with Crippen LogP contribution in [-0.2, 0) is 0 Å². The molecule has 0 aliphatic rings. The predicted octanol–water partition coefficient (Wildman–Crippen LogP) is 11.3. The van der Waals surface area contributed by atoms with E-state index in [0.717, 1.165) is 76.8 Å². The summed E-state index contributed by atoms with van der Waals surface area (Å²) >= 11 is 0. The number of carbonyl (C=O) groups is 4. The minimum absolute atomic E-state index is 0.203. The van der Waals surface area contributed by atoms with Crippen molar-refractivity contribution < 1.29 is 39.6 Å². The SMILES string of the molecule is Cc1cc(-c2cc(-c3ccc(C(=O)O)c(C)c3)c3ccc4c(-c5ccc(C(=O)O)c(C)c5)cc(-c5ccc(C(=O)O)c(C)c5)c5ccc2c3c54)ccc1C(=O)O. The fourth-order valence-corrected chi connectivity index (χ4v) is 8.23. The van der Waals surface area contributed by atoms with Gasteiger partial charge in [-0.05, 0) is 163 Å². The number of carboxylic acid groups (broad SMARTS) is 4. The first-order chi connectivity index (χ1) is 26.7. The number of aromatic carboxylic acids is 4. The quantitative estimate of drug-likeness (QED) is 0.113. The zero-order valence-corrected chi connectivity index (χ0v) is 30.8. The third kappa shape index (κ3) is 5.70. The van der Waals surface area contributed by atoms with Crippen molar-refractivity contribution in [3.8, 4) is 44.5 Å². The molecule has 0 unspecified atom stereocenters. The Morgan fingerprint density at radius 1 is 0.321 bits per heavy atom. The van der Waals surface area contributed by atoms with E-state index in [2.05, 4.69) is 36.4 Å². The summed E-state index contributed by atoms with van der Waals surface area (Å²) in [5, 5.41) is 44.8. The van der Waals surface area contributed by atoms with Gasteiger partial charge in [0.15, 0.2) is 0 Å². The van der Waals surface area contributed by atoms with Gasteiger partial charge in [0.2, 0.25) is 0 Å². The van der Waals surface area contributed by atoms with Gasteiger partial charge < -0.3 is 20.4 Å². The number of hydrogen-bond donors (Lipinski definition) is 4. The van der Waals surface area contributed by atoms with Gasteiger partial charge in [-0.25, -0.2) is 19.2 Å². The molecule has 56 heavy (non-hydrogen) atoms. The van der Waals surface area contributed by atoms with Gasteiger partial charge in [-0.3, -0.25) is 0 Å². The van der Waals surface area contributed by atoms with Crippen LogP contribution in [0.15, 0.2) is 109 Å². The molecule has 8 rings (SSSR count). The molecule has 0 atom stereocenters. The highest BCUT2D eigenvalue weighted by Gasteiger charge is 2.23. The van der Waals surface area contributed by atoms with Crippen molar-refractivity contribution in [3.05, 3.63) is 154 Å². The number of aryl methyl sites for hydroxylation is 4. The third-order valence-electron chi connectivity index (χ3n) is 11.0. The summed E-state index contributed by atoms with van der Waals surface area (Å²) in [4.78, 5) is 48.0. The van der Waals surface area contributed by atoms with Gasteiger partial charge in [0, 0.05) is 0 Å². The molecule has 0 spiro atoms. The van der Waals surface area contributed by atoms with E-state index in [1.165, 1.54) is 0 Å². The topological polar surface area (TPSA) is 149 Å². The van der Waals surface area contributed by atoms with Crippen LogP contribution in [0.25, 0.3) is 76.8 Å². The van der Waals surface area contributed by atoms with Crippen molar-refractivity contribution in [2.24, 2.45) is 0 Å². The summed E-state index contributed by atoms with van der Waals surface area (Å²) in [7, 11) is 0. The maximum absolute atomic E-state index is 12.0. The van der Waals surface area contributed by atoms with Crippen LogP contribution < -0.4 is 0 Å². The van der Waals surface area contributed by atoms with E-state index in [0.29, 0.717) is 22.3 Å². The molecule has 274 valence electrons. The van der Waals surface area contributed by atoms with E-state index in [-0.39, 0.29) is 22.3 Å². The Kier molecular flexibility index (Phi) is 8.42. The van der Waals surface area contributed by atoms with Crippen LogP contribution in [0.3, 0.4) is 0 Å². The fourth-order valence-electron chi connectivity index (χ4n) is 8.23. The molecule has 0 saturated carbocycles. The lowest BCUT2D eigenvalue weighted by molar-refractivity contribution is 0.0685. The van der Waals surface area contributed by atoms with Gasteiger partial charge in [-0.2, -0.15) is 0 Å². The Labute approximate surface area is 320 Å². The first-order valence-electron chi connectivity index (χ1n) is 17.9. The summed E-state index contributed by atoms with van der Waals surface area (Å²) in [5.41, 5.74) is 9.91. The molecular formula is C48H34O8. The summed E-state index contributed by atoms with van der Waals surface area (Å²) in [5.74, 6) is -4.07. The van der Waals surface area contributed by atoms with E-state index in [1.807, 2.05) is 48.5 Å². The Morgan fingerprint density at radius 2 is 0.536 bits per heavy atom. The van der Waals surface area contributed by atoms with Crippen molar-refractivity contribution in [3.63, 3.8) is 0 Å². The van der Waals surface area contributed by atoms with E-state index in [1.54, 1.807) is 52.0 Å². The molecule has 8 aromatic carbocycles. The van der Waals surface area contributed by atoms with Gasteiger partial charge in [0.1, 0.15) is 0 Å². The van der Waals surface area contributed by atoms with Gasteiger partial charge in [-0.15, -0.1) is 0 Å². The largest absolute Gasteiger partial charge is 0.478 e. The lowest BCUT2D eigenvalue weighted by atomic mass is 9.81. The maximum Gasteiger partial charge on any atom is 0.335 e. The molecule has 0 aliphatic heterocycles. The first kappa shape index (κ1) is 35.7. The monoisotopic (exact) mass is 738 g/mol. The molecule has 0 aromatic heterocycles. The first-order valence-corrected chi connectivity index (χ1v) is 17.9. The number of benzene rings is 8. The lowest BCUT2D eigenvalue weighted by Crippen LogP contribution is -2.01. The molecule has 8 nitrogen and oxygen atoms in total. The van der Waals surface area contributed by atoms with Crippen LogP contribution in [-0.4, -0.2) is 44.3 Å². The van der Waals surface area contributed by atoms with Gasteiger partial charge in [-0.1, -0.05) is 72.8 Å². The molecule has 0 fully saturated rings. The van der Waals surface area contributed by atoms with Gasteiger partial charge in [0.05, 0.1) is 22.3 Å². The van der Waals surface area contributed by atoms with Crippen molar-refractivity contribution in [1.29, 1.82) is 0 Å². The van der Waals surface area contributed by atoms with Crippen molar-refractivity contribution >= 4 is 56.2 Å². The normalized spacial score (nSPS) is 11.4. The van der Waals surface area contributed by atoms with Crippen LogP contribution >= 0.6 is 0 Å². The second-order valence-corrected chi connectivity index (χ2v) is 14.4. The highest BCUT2D eigenvalue weighted by molar-refractivity contribution is 6.32. The van der Waals surface area contributed by atoms with Crippen molar-refractivity contribution in [2.75, 3.05) is 0 Å². The molecule has 0 bridgehead atoms. The minimum atomic E-state index is -1.02. The van der Waals surface area contributed by atoms with Gasteiger partial charge in [0.25, 0.3) is 0 Å². The summed E-state index contributed by atoms with van der Waals surface area (Å²) < 4.78 is 0. The Bertz CT molecular complexity index is 2630. The Morgan fingerprint density at radius 3 is 0.714 bits per heavy atom. The average molecular weight is 739 g/mol. The Hall–Kier alpha value is -7.32. The molecule has 0 amide bonds. The minimum Gasteiger partial charge on any atom is -0.478 e. The fraction of sp³-hybridized carbons (Fsp3) is 0.0833. The lowest BCUT2D eigenvalue weighted by Gasteiger charge is -2.22. The van der Waals surface area contributed by atoms with Crippen LogP contribution in [0.4, 0.5) is 0 Å². The van der Waals surface area contributed by atoms with Crippen LogP contribution in [0.5, 0.6) is 0 Å². The number of carboxylic acids is 4. The Balaban J connectivity index is 1.54. The molecule has 4 N–H and O–H groups in total. The summed E-state index contributed by atoms with van der Waals surface area (Å²) in [6.45, 7) is 7.08. The van der Waals surface area contributed by atoms with Crippen LogP contribution in [0, 0.1) is 27.7 Å². The second-order valence-electron chi connectivity index (χ2n) is 14.4. The standard InChI is InChI=1S/C48H34O8/c1-23-17-27(5-9-31(23)45(49)50)39-21-40(28-6-10-32(46(51)52)24(2)18-28)36-15-16-38-42(30-8-12-34(48(55)56)26(4)20-30)22-41(37-14-13-35(39)43(36)44(37)38)29-7-11-33(47(53)54)25(3)19-29/h5-22H,1-4H3,(H,49,50)(H,51,52)(H,53,54)(H,55,56). The molecular weight excluding hydrogens is 705 g/mol. The van der Waals surface area contributed by atoms with Crippen LogP contribution in [0.1, 0.15) is 63.7 Å². The highest BCUT2D eigenvalue weighted by Crippen LogP contribution is 2.49. The second kappa shape index (κ2) is 13.2. The zero-order chi connectivity index (χ0) is 39.7. The summed E-state index contributed by atoms with van der Waals surface area (Å²) in [6, 6.07) is 33.6. The highest BCUT2D eigenvalue weighted by atomic mass is 16.4. The molecule has 0 aliphatic carbocycles. The van der Waals surface area contributed by atoms with E-state index in [4.69, 9.17) is 0 Å². The molecule has 8 heteroatoms. The molecule has 8 aromatic rings. The van der Waals surface area contributed by atoms with Crippen molar-refractivity contribution in [2.45, 2.75) is 27.7 Å². The smallest absolute Gasteiger partial charge is 0.335 e. The van der Waals surface area contributed by atoms with E-state index in [9.17, 15) is 39.6 Å². The average Bonchev–Trinajstić information content (AvgIpc) is 3.15. The van der Waals surface area contributed by atoms with Crippen molar-refractivity contribution in [1.82, 2.24) is 0 Å². The number of rotatable bonds is 8. The van der Waals surface area contributed by atoms with Gasteiger partial charge >= 0.3 is 23.9 Å². The van der Waals surface area contributed by atoms with E-state index < -0.39 is 23.9 Å². The molecule has 0 saturated heterocycles. The van der Waals surface area contributed by atoms with E-state index >= 15 is 0 Å². The molecule has 0 radical (unpaired) electrons. The zero-order valence-electron chi connectivity index (χ0n) is 30.8. The summed E-state index contributed by atoms with van der Waals surface area (Å²) in [6.07, 6.45) is 0. The predicted molar refractivity (Wildman–Crippen MR) is 219 cm³/mol.